The molecule has 0 fully saturated rings. The summed E-state index contributed by atoms with van der Waals surface area (Å²) in [6, 6.07) is 8.14. The maximum atomic E-state index is 11.0. The van der Waals surface area contributed by atoms with Crippen molar-refractivity contribution in [3.8, 4) is 0 Å². The van der Waals surface area contributed by atoms with Crippen LogP contribution in [0.3, 0.4) is 0 Å². The Morgan fingerprint density at radius 1 is 1.33 bits per heavy atom. The fraction of sp³-hybridized carbons (Fsp3) is 0.214. The molecule has 0 unspecified atom stereocenters. The quantitative estimate of drug-likeness (QED) is 0.887. The number of carbonyl (C=O) groups excluding carboxylic acids is 1. The molecule has 1 heterocycles. The van der Waals surface area contributed by atoms with Gasteiger partial charge in [-0.25, -0.2) is 0 Å². The molecule has 0 aliphatic rings. The van der Waals surface area contributed by atoms with E-state index in [-0.39, 0.29) is 5.91 Å². The number of hydrogen-bond acceptors (Lipinski definition) is 3. The lowest BCUT2D eigenvalue weighted by Gasteiger charge is -2.09. The van der Waals surface area contributed by atoms with E-state index in [1.54, 1.807) is 16.7 Å². The second kappa shape index (κ2) is 5.23. The fourth-order valence-electron chi connectivity index (χ4n) is 1.80. The monoisotopic (exact) mass is 260 g/mol. The number of nitrogens with one attached hydrogen (secondary N) is 1. The van der Waals surface area contributed by atoms with E-state index in [9.17, 15) is 4.79 Å². The van der Waals surface area contributed by atoms with Gasteiger partial charge in [0.05, 0.1) is 5.56 Å². The summed E-state index contributed by atoms with van der Waals surface area (Å²) in [7, 11) is 0. The lowest BCUT2D eigenvalue weighted by atomic mass is 10.1. The Balaban J connectivity index is 2.04. The van der Waals surface area contributed by atoms with Gasteiger partial charge in [0.25, 0.3) is 0 Å². The van der Waals surface area contributed by atoms with Crippen LogP contribution in [0, 0.1) is 13.8 Å². The van der Waals surface area contributed by atoms with Gasteiger partial charge in [-0.15, -0.1) is 11.3 Å². The molecule has 2 rings (SSSR count). The van der Waals surface area contributed by atoms with E-state index in [1.807, 2.05) is 6.07 Å². The number of rotatable bonds is 4. The van der Waals surface area contributed by atoms with Crippen LogP contribution in [-0.2, 0) is 6.54 Å². The zero-order valence-electron chi connectivity index (χ0n) is 10.5. The molecule has 18 heavy (non-hydrogen) atoms. The normalized spacial score (nSPS) is 10.3. The first kappa shape index (κ1) is 12.6. The van der Waals surface area contributed by atoms with Crippen LogP contribution in [-0.4, -0.2) is 5.91 Å². The SMILES string of the molecule is Cc1ccc(NCc2cc(C(N)=O)cs2)c(C)c1. The van der Waals surface area contributed by atoms with E-state index in [0.29, 0.717) is 12.1 Å². The van der Waals surface area contributed by atoms with Crippen molar-refractivity contribution in [1.82, 2.24) is 0 Å². The maximum absolute atomic E-state index is 11.0. The summed E-state index contributed by atoms with van der Waals surface area (Å²) in [6.45, 7) is 4.87. The van der Waals surface area contributed by atoms with Gasteiger partial charge in [-0.3, -0.25) is 4.79 Å². The Kier molecular flexibility index (Phi) is 3.67. The summed E-state index contributed by atoms with van der Waals surface area (Å²) < 4.78 is 0. The van der Waals surface area contributed by atoms with Gasteiger partial charge in [0.1, 0.15) is 0 Å². The van der Waals surface area contributed by atoms with Crippen molar-refractivity contribution >= 4 is 22.9 Å². The van der Waals surface area contributed by atoms with Crippen LogP contribution in [0.5, 0.6) is 0 Å². The number of amides is 1. The summed E-state index contributed by atoms with van der Waals surface area (Å²) in [5.41, 5.74) is 9.40. The smallest absolute Gasteiger partial charge is 0.249 e. The van der Waals surface area contributed by atoms with Crippen LogP contribution in [0.25, 0.3) is 0 Å². The summed E-state index contributed by atoms with van der Waals surface area (Å²) >= 11 is 1.54. The minimum Gasteiger partial charge on any atom is -0.380 e. The number of hydrogen-bond donors (Lipinski definition) is 2. The van der Waals surface area contributed by atoms with Crippen LogP contribution in [0.1, 0.15) is 26.4 Å². The third-order valence-electron chi connectivity index (χ3n) is 2.77. The van der Waals surface area contributed by atoms with E-state index in [0.717, 1.165) is 10.6 Å². The molecule has 3 N–H and O–H groups in total. The van der Waals surface area contributed by atoms with Gasteiger partial charge in [-0.2, -0.15) is 0 Å². The maximum Gasteiger partial charge on any atom is 0.249 e. The zero-order chi connectivity index (χ0) is 13.1. The van der Waals surface area contributed by atoms with Crippen molar-refractivity contribution < 1.29 is 4.79 Å². The Hall–Kier alpha value is -1.81. The molecule has 94 valence electrons. The van der Waals surface area contributed by atoms with Crippen LogP contribution >= 0.6 is 11.3 Å². The first-order valence-electron chi connectivity index (χ1n) is 5.74. The van der Waals surface area contributed by atoms with E-state index >= 15 is 0 Å². The highest BCUT2D eigenvalue weighted by molar-refractivity contribution is 7.10. The van der Waals surface area contributed by atoms with Gasteiger partial charge in [-0.05, 0) is 31.5 Å². The van der Waals surface area contributed by atoms with E-state index in [2.05, 4.69) is 37.4 Å². The van der Waals surface area contributed by atoms with Gasteiger partial charge in [0.2, 0.25) is 5.91 Å². The molecule has 0 aliphatic carbocycles. The zero-order valence-corrected chi connectivity index (χ0v) is 11.3. The van der Waals surface area contributed by atoms with Gasteiger partial charge in [0, 0.05) is 22.5 Å². The molecule has 0 radical (unpaired) electrons. The molecular formula is C14H16N2OS. The molecule has 3 nitrogen and oxygen atoms in total. The predicted octanol–water partition coefficient (Wildman–Crippen LogP) is 3.08. The van der Waals surface area contributed by atoms with Crippen molar-refractivity contribution in [3.05, 3.63) is 51.2 Å². The molecule has 0 atom stereocenters. The van der Waals surface area contributed by atoms with Crippen molar-refractivity contribution in [2.45, 2.75) is 20.4 Å². The highest BCUT2D eigenvalue weighted by Crippen LogP contribution is 2.19. The molecule has 0 spiro atoms. The standard InChI is InChI=1S/C14H16N2OS/c1-9-3-4-13(10(2)5-9)16-7-12-6-11(8-18-12)14(15)17/h3-6,8,16H,7H2,1-2H3,(H2,15,17). The highest BCUT2D eigenvalue weighted by Gasteiger charge is 2.05. The van der Waals surface area contributed by atoms with Crippen molar-refractivity contribution in [2.75, 3.05) is 5.32 Å². The average Bonchev–Trinajstić information content (AvgIpc) is 2.76. The molecule has 0 saturated heterocycles. The number of anilines is 1. The van der Waals surface area contributed by atoms with Gasteiger partial charge in [-0.1, -0.05) is 17.7 Å². The first-order chi connectivity index (χ1) is 8.56. The first-order valence-corrected chi connectivity index (χ1v) is 6.62. The number of aryl methyl sites for hydroxylation is 2. The molecule has 4 heteroatoms. The number of nitrogens with two attached hydrogens (primary N) is 1. The largest absolute Gasteiger partial charge is 0.380 e. The van der Waals surface area contributed by atoms with E-state index < -0.39 is 0 Å². The summed E-state index contributed by atoms with van der Waals surface area (Å²) in [6.07, 6.45) is 0. The lowest BCUT2D eigenvalue weighted by Crippen LogP contribution is -2.09. The van der Waals surface area contributed by atoms with Crippen molar-refractivity contribution in [2.24, 2.45) is 5.73 Å². The number of carbonyl (C=O) groups is 1. The highest BCUT2D eigenvalue weighted by atomic mass is 32.1. The molecule has 1 amide bonds. The van der Waals surface area contributed by atoms with Crippen molar-refractivity contribution in [3.63, 3.8) is 0 Å². The van der Waals surface area contributed by atoms with Crippen LogP contribution in [0.4, 0.5) is 5.69 Å². The molecule has 2 aromatic rings. The second-order valence-electron chi connectivity index (χ2n) is 4.34. The Morgan fingerprint density at radius 2 is 2.11 bits per heavy atom. The van der Waals surface area contributed by atoms with Gasteiger partial charge >= 0.3 is 0 Å². The molecule has 1 aromatic heterocycles. The molecule has 1 aromatic carbocycles. The number of thiophene rings is 1. The van der Waals surface area contributed by atoms with E-state index in [4.69, 9.17) is 5.73 Å². The minimum atomic E-state index is -0.371. The third kappa shape index (κ3) is 2.90. The van der Waals surface area contributed by atoms with Crippen LogP contribution in [0.2, 0.25) is 0 Å². The fourth-order valence-corrected chi connectivity index (χ4v) is 2.61. The summed E-state index contributed by atoms with van der Waals surface area (Å²) in [5.74, 6) is -0.371. The predicted molar refractivity (Wildman–Crippen MR) is 76.1 cm³/mol. The summed E-state index contributed by atoms with van der Waals surface area (Å²) in [5, 5.41) is 5.16. The Morgan fingerprint density at radius 3 is 2.72 bits per heavy atom. The third-order valence-corrected chi connectivity index (χ3v) is 3.71. The van der Waals surface area contributed by atoms with Gasteiger partial charge < -0.3 is 11.1 Å². The topological polar surface area (TPSA) is 55.1 Å². The molecular weight excluding hydrogens is 244 g/mol. The van der Waals surface area contributed by atoms with Crippen LogP contribution < -0.4 is 11.1 Å². The Bertz CT molecular complexity index is 575. The number of benzene rings is 1. The second-order valence-corrected chi connectivity index (χ2v) is 5.33. The minimum absolute atomic E-state index is 0.371. The van der Waals surface area contributed by atoms with E-state index in [1.165, 1.54) is 11.1 Å². The molecule has 0 aliphatic heterocycles. The number of primary amides is 1. The lowest BCUT2D eigenvalue weighted by molar-refractivity contribution is 0.100. The molecule has 0 bridgehead atoms. The van der Waals surface area contributed by atoms with Crippen LogP contribution in [0.15, 0.2) is 29.6 Å². The average molecular weight is 260 g/mol. The Labute approximate surface area is 111 Å². The summed E-state index contributed by atoms with van der Waals surface area (Å²) in [4.78, 5) is 12.1. The van der Waals surface area contributed by atoms with Crippen molar-refractivity contribution in [1.29, 1.82) is 0 Å². The molecule has 0 saturated carbocycles. The van der Waals surface area contributed by atoms with Gasteiger partial charge in [0.15, 0.2) is 0 Å².